The number of aliphatic carboxylic acids is 1. The summed E-state index contributed by atoms with van der Waals surface area (Å²) in [7, 11) is 0. The molecule has 2 amide bonds. The predicted octanol–water partition coefficient (Wildman–Crippen LogP) is 2.42. The summed E-state index contributed by atoms with van der Waals surface area (Å²) in [6.45, 7) is 2.71. The van der Waals surface area contributed by atoms with Crippen LogP contribution in [0, 0.1) is 9.39 Å². The van der Waals surface area contributed by atoms with Gasteiger partial charge in [0.25, 0.3) is 0 Å². The lowest BCUT2D eigenvalue weighted by atomic mass is 10.1. The molecule has 1 rings (SSSR count). The fourth-order valence-electron chi connectivity index (χ4n) is 1.09. The third kappa shape index (κ3) is 3.56. The van der Waals surface area contributed by atoms with E-state index in [0.717, 1.165) is 0 Å². The minimum absolute atomic E-state index is 0.262. The number of nitrogens with one attached hydrogen (secondary N) is 2. The molecule has 0 unspecified atom stereocenters. The number of carboxylic acids is 1. The van der Waals surface area contributed by atoms with Crippen LogP contribution in [0.4, 0.5) is 14.9 Å². The van der Waals surface area contributed by atoms with E-state index in [0.29, 0.717) is 0 Å². The zero-order chi connectivity index (χ0) is 13.9. The molecule has 98 valence electrons. The number of hydrogen-bond acceptors (Lipinski definition) is 2. The van der Waals surface area contributed by atoms with Crippen LogP contribution in [-0.4, -0.2) is 22.6 Å². The van der Waals surface area contributed by atoms with Gasteiger partial charge in [-0.3, -0.25) is 0 Å². The molecule has 0 heterocycles. The van der Waals surface area contributed by atoms with Crippen molar-refractivity contribution in [3.05, 3.63) is 27.6 Å². The molecule has 1 aromatic carbocycles. The van der Waals surface area contributed by atoms with Crippen LogP contribution in [0.2, 0.25) is 0 Å². The monoisotopic (exact) mass is 366 g/mol. The minimum atomic E-state index is -1.40. The fourth-order valence-corrected chi connectivity index (χ4v) is 1.59. The molecule has 1 aromatic rings. The summed E-state index contributed by atoms with van der Waals surface area (Å²) >= 11 is 1.76. The van der Waals surface area contributed by atoms with Crippen molar-refractivity contribution >= 4 is 40.3 Å². The Morgan fingerprint density at radius 2 is 2.00 bits per heavy atom. The van der Waals surface area contributed by atoms with Crippen LogP contribution in [0.5, 0.6) is 0 Å². The number of carboxylic acid groups (broad SMARTS) is 1. The van der Waals surface area contributed by atoms with Crippen molar-refractivity contribution in [3.63, 3.8) is 0 Å². The Hall–Kier alpha value is -1.38. The molecule has 18 heavy (non-hydrogen) atoms. The Morgan fingerprint density at radius 3 is 2.56 bits per heavy atom. The summed E-state index contributed by atoms with van der Waals surface area (Å²) in [5, 5.41) is 13.5. The molecule has 0 radical (unpaired) electrons. The van der Waals surface area contributed by atoms with Crippen LogP contribution in [0.1, 0.15) is 13.8 Å². The van der Waals surface area contributed by atoms with E-state index in [2.05, 4.69) is 10.6 Å². The second kappa shape index (κ2) is 5.51. The number of carbonyl (C=O) groups excluding carboxylic acids is 1. The summed E-state index contributed by atoms with van der Waals surface area (Å²) < 4.78 is 13.5. The number of rotatable bonds is 3. The van der Waals surface area contributed by atoms with Crippen molar-refractivity contribution in [1.82, 2.24) is 5.32 Å². The van der Waals surface area contributed by atoms with Crippen molar-refractivity contribution in [1.29, 1.82) is 0 Å². The predicted molar refractivity (Wildman–Crippen MR) is 73.0 cm³/mol. The van der Waals surface area contributed by atoms with E-state index in [1.54, 1.807) is 22.6 Å². The highest BCUT2D eigenvalue weighted by atomic mass is 127. The second-order valence-corrected chi connectivity index (χ2v) is 5.19. The Bertz CT molecular complexity index is 491. The molecule has 0 spiro atoms. The van der Waals surface area contributed by atoms with Gasteiger partial charge >= 0.3 is 12.0 Å². The molecular weight excluding hydrogens is 354 g/mol. The largest absolute Gasteiger partial charge is 0.480 e. The third-order valence-electron chi connectivity index (χ3n) is 2.16. The van der Waals surface area contributed by atoms with Crippen molar-refractivity contribution in [2.24, 2.45) is 0 Å². The van der Waals surface area contributed by atoms with E-state index in [1.807, 2.05) is 0 Å². The molecule has 0 aromatic heterocycles. The lowest BCUT2D eigenvalue weighted by Crippen LogP contribution is -2.51. The van der Waals surface area contributed by atoms with Crippen LogP contribution in [-0.2, 0) is 4.79 Å². The van der Waals surface area contributed by atoms with E-state index in [4.69, 9.17) is 5.11 Å². The lowest BCUT2D eigenvalue weighted by molar-refractivity contribution is -0.142. The third-order valence-corrected chi connectivity index (χ3v) is 3.26. The topological polar surface area (TPSA) is 78.4 Å². The van der Waals surface area contributed by atoms with Gasteiger partial charge in [0, 0.05) is 0 Å². The molecule has 0 saturated heterocycles. The Balaban J connectivity index is 2.77. The summed E-state index contributed by atoms with van der Waals surface area (Å²) in [5.41, 5.74) is -1.11. The molecule has 5 nitrogen and oxygen atoms in total. The number of halogens is 2. The van der Waals surface area contributed by atoms with E-state index < -0.39 is 23.4 Å². The zero-order valence-electron chi connectivity index (χ0n) is 9.75. The quantitative estimate of drug-likeness (QED) is 0.719. The van der Waals surface area contributed by atoms with E-state index in [-0.39, 0.29) is 9.26 Å². The summed E-state index contributed by atoms with van der Waals surface area (Å²) in [5.74, 6) is -1.61. The maximum atomic E-state index is 13.2. The van der Waals surface area contributed by atoms with Gasteiger partial charge in [-0.25, -0.2) is 14.0 Å². The van der Waals surface area contributed by atoms with Gasteiger partial charge in [0.05, 0.1) is 9.26 Å². The average Bonchev–Trinajstić information content (AvgIpc) is 2.23. The van der Waals surface area contributed by atoms with Crippen LogP contribution in [0.3, 0.4) is 0 Å². The molecule has 0 aliphatic rings. The van der Waals surface area contributed by atoms with Gasteiger partial charge in [-0.15, -0.1) is 0 Å². The normalized spacial score (nSPS) is 10.9. The van der Waals surface area contributed by atoms with Crippen LogP contribution >= 0.6 is 22.6 Å². The van der Waals surface area contributed by atoms with Crippen LogP contribution < -0.4 is 10.6 Å². The summed E-state index contributed by atoms with van der Waals surface area (Å²) in [4.78, 5) is 22.4. The van der Waals surface area contributed by atoms with Gasteiger partial charge in [-0.2, -0.15) is 0 Å². The first-order valence-electron chi connectivity index (χ1n) is 5.00. The molecule has 0 bridgehead atoms. The van der Waals surface area contributed by atoms with Gasteiger partial charge < -0.3 is 15.7 Å². The molecule has 7 heteroatoms. The first-order valence-corrected chi connectivity index (χ1v) is 6.08. The Labute approximate surface area is 117 Å². The first kappa shape index (κ1) is 14.7. The van der Waals surface area contributed by atoms with Crippen molar-refractivity contribution in [3.8, 4) is 0 Å². The summed E-state index contributed by atoms with van der Waals surface area (Å²) in [6, 6.07) is 3.55. The maximum absolute atomic E-state index is 13.2. The lowest BCUT2D eigenvalue weighted by Gasteiger charge is -2.21. The molecule has 0 aliphatic heterocycles. The highest BCUT2D eigenvalue weighted by Crippen LogP contribution is 2.20. The molecule has 0 atom stereocenters. The van der Waals surface area contributed by atoms with E-state index in [1.165, 1.54) is 32.0 Å². The molecular formula is C11H12FIN2O3. The minimum Gasteiger partial charge on any atom is -0.480 e. The first-order chi connectivity index (χ1) is 8.24. The Kier molecular flexibility index (Phi) is 4.49. The maximum Gasteiger partial charge on any atom is 0.328 e. The van der Waals surface area contributed by atoms with Gasteiger partial charge in [-0.1, -0.05) is 6.07 Å². The zero-order valence-corrected chi connectivity index (χ0v) is 11.9. The van der Waals surface area contributed by atoms with Crippen LogP contribution in [0.15, 0.2) is 18.2 Å². The van der Waals surface area contributed by atoms with E-state index in [9.17, 15) is 14.0 Å². The number of benzene rings is 1. The van der Waals surface area contributed by atoms with Gasteiger partial charge in [-0.05, 0) is 48.6 Å². The van der Waals surface area contributed by atoms with Crippen molar-refractivity contribution in [2.75, 3.05) is 5.32 Å². The molecule has 3 N–H and O–H groups in total. The SMILES string of the molecule is CC(C)(NC(=O)Nc1cccc(F)c1I)C(=O)O. The molecule has 0 fully saturated rings. The van der Waals surface area contributed by atoms with E-state index >= 15 is 0 Å². The average molecular weight is 366 g/mol. The number of urea groups is 1. The van der Waals surface area contributed by atoms with Crippen molar-refractivity contribution in [2.45, 2.75) is 19.4 Å². The van der Waals surface area contributed by atoms with Crippen molar-refractivity contribution < 1.29 is 19.1 Å². The summed E-state index contributed by atoms with van der Waals surface area (Å²) in [6.07, 6.45) is 0. The number of amides is 2. The fraction of sp³-hybridized carbons (Fsp3) is 0.273. The van der Waals surface area contributed by atoms with Gasteiger partial charge in [0.2, 0.25) is 0 Å². The highest BCUT2D eigenvalue weighted by molar-refractivity contribution is 14.1. The second-order valence-electron chi connectivity index (χ2n) is 4.11. The van der Waals surface area contributed by atoms with Crippen LogP contribution in [0.25, 0.3) is 0 Å². The number of hydrogen-bond donors (Lipinski definition) is 3. The molecule has 0 saturated carbocycles. The highest BCUT2D eigenvalue weighted by Gasteiger charge is 2.29. The number of carbonyl (C=O) groups is 2. The number of anilines is 1. The smallest absolute Gasteiger partial charge is 0.328 e. The Morgan fingerprint density at radius 1 is 1.39 bits per heavy atom. The molecule has 0 aliphatic carbocycles. The standard InChI is InChI=1S/C11H12FIN2O3/c1-11(2,9(16)17)15-10(18)14-7-5-3-4-6(12)8(7)13/h3-5H,1-2H3,(H,16,17)(H2,14,15,18). The van der Waals surface area contributed by atoms with Gasteiger partial charge in [0.15, 0.2) is 0 Å². The van der Waals surface area contributed by atoms with Gasteiger partial charge in [0.1, 0.15) is 11.4 Å².